The molecule has 3 rings (SSSR count). The summed E-state index contributed by atoms with van der Waals surface area (Å²) in [7, 11) is 0. The minimum absolute atomic E-state index is 0.118. The summed E-state index contributed by atoms with van der Waals surface area (Å²) in [5.41, 5.74) is 8.79. The molecule has 0 bridgehead atoms. The zero-order chi connectivity index (χ0) is 20.7. The van der Waals surface area contributed by atoms with E-state index in [0.29, 0.717) is 0 Å². The van der Waals surface area contributed by atoms with Gasteiger partial charge in [-0.05, 0) is 74.6 Å². The Morgan fingerprint density at radius 3 is 1.59 bits per heavy atom. The molecule has 2 aromatic rings. The summed E-state index contributed by atoms with van der Waals surface area (Å²) in [6.07, 6.45) is 19.3. The van der Waals surface area contributed by atoms with Crippen molar-refractivity contribution in [2.75, 3.05) is 0 Å². The maximum atomic E-state index is 3.79. The molecule has 0 radical (unpaired) electrons. The van der Waals surface area contributed by atoms with Gasteiger partial charge < -0.3 is 0 Å². The van der Waals surface area contributed by atoms with Crippen molar-refractivity contribution in [2.45, 2.75) is 57.8 Å². The van der Waals surface area contributed by atoms with Gasteiger partial charge in [-0.3, -0.25) is 0 Å². The van der Waals surface area contributed by atoms with Gasteiger partial charge >= 0.3 is 0 Å². The predicted molar refractivity (Wildman–Crippen MR) is 129 cm³/mol. The van der Waals surface area contributed by atoms with Gasteiger partial charge in [0.2, 0.25) is 0 Å². The molecule has 0 heterocycles. The Morgan fingerprint density at radius 1 is 0.724 bits per heavy atom. The fourth-order valence-corrected chi connectivity index (χ4v) is 4.81. The summed E-state index contributed by atoms with van der Waals surface area (Å²) >= 11 is 0. The minimum atomic E-state index is 0.118. The zero-order valence-corrected chi connectivity index (χ0v) is 18.1. The van der Waals surface area contributed by atoms with Gasteiger partial charge in [0.05, 0.1) is 0 Å². The van der Waals surface area contributed by atoms with Crippen LogP contribution >= 0.6 is 0 Å². The molecule has 0 spiro atoms. The highest BCUT2D eigenvalue weighted by Gasteiger charge is 2.42. The van der Waals surface area contributed by atoms with E-state index in [2.05, 4.69) is 87.7 Å². The Morgan fingerprint density at radius 2 is 1.17 bits per heavy atom. The number of hydrogen-bond acceptors (Lipinski definition) is 0. The Labute approximate surface area is 177 Å². The van der Waals surface area contributed by atoms with Crippen LogP contribution in [0.15, 0.2) is 86.0 Å². The second-order valence-electron chi connectivity index (χ2n) is 8.29. The lowest BCUT2D eigenvalue weighted by Crippen LogP contribution is -2.25. The third-order valence-electron chi connectivity index (χ3n) is 6.16. The summed E-state index contributed by atoms with van der Waals surface area (Å²) in [4.78, 5) is 0. The van der Waals surface area contributed by atoms with Gasteiger partial charge in [-0.2, -0.15) is 0 Å². The lowest BCUT2D eigenvalue weighted by atomic mass is 9.70. The number of fused-ring (bicyclic) bond motifs is 3. The van der Waals surface area contributed by atoms with Gasteiger partial charge in [0.15, 0.2) is 0 Å². The van der Waals surface area contributed by atoms with Crippen molar-refractivity contribution >= 4 is 0 Å². The first kappa shape index (κ1) is 21.1. The number of aryl methyl sites for hydroxylation is 2. The number of benzene rings is 2. The molecule has 150 valence electrons. The van der Waals surface area contributed by atoms with Gasteiger partial charge in [-0.25, -0.2) is 0 Å². The van der Waals surface area contributed by atoms with Crippen LogP contribution in [-0.2, 0) is 5.41 Å². The number of unbranched alkanes of at least 4 members (excludes halogenated alkanes) is 2. The lowest BCUT2D eigenvalue weighted by molar-refractivity contribution is 0.421. The molecule has 1 aliphatic carbocycles. The normalized spacial score (nSPS) is 14.3. The molecule has 0 aromatic heterocycles. The van der Waals surface area contributed by atoms with Crippen LogP contribution in [0.4, 0.5) is 0 Å². The summed E-state index contributed by atoms with van der Waals surface area (Å²) in [5.74, 6) is 0. The smallest absolute Gasteiger partial charge is 0.0215 e. The van der Waals surface area contributed by atoms with Gasteiger partial charge in [-0.15, -0.1) is 0 Å². The summed E-state index contributed by atoms with van der Waals surface area (Å²) < 4.78 is 0. The van der Waals surface area contributed by atoms with E-state index in [1.807, 2.05) is 12.2 Å². The van der Waals surface area contributed by atoms with Gasteiger partial charge in [0.25, 0.3) is 0 Å². The van der Waals surface area contributed by atoms with Crippen LogP contribution in [0.2, 0.25) is 0 Å². The highest BCUT2D eigenvalue weighted by atomic mass is 14.4. The molecule has 1 aliphatic rings. The average Bonchev–Trinajstić information content (AvgIpc) is 2.96. The summed E-state index contributed by atoms with van der Waals surface area (Å²) in [5, 5.41) is 0. The van der Waals surface area contributed by atoms with Crippen LogP contribution < -0.4 is 0 Å². The van der Waals surface area contributed by atoms with Crippen molar-refractivity contribution in [1.29, 1.82) is 0 Å². The highest BCUT2D eigenvalue weighted by Crippen LogP contribution is 2.54. The third-order valence-corrected chi connectivity index (χ3v) is 6.16. The molecular weight excluding hydrogens is 348 g/mol. The maximum absolute atomic E-state index is 3.79. The van der Waals surface area contributed by atoms with Crippen LogP contribution in [0.3, 0.4) is 0 Å². The van der Waals surface area contributed by atoms with E-state index < -0.39 is 0 Å². The number of allylic oxidation sites excluding steroid dienone is 6. The molecule has 0 N–H and O–H groups in total. The van der Waals surface area contributed by atoms with Crippen molar-refractivity contribution in [3.05, 3.63) is 108 Å². The van der Waals surface area contributed by atoms with Gasteiger partial charge in [0.1, 0.15) is 0 Å². The largest absolute Gasteiger partial charge is 0.0991 e. The first-order chi connectivity index (χ1) is 14.1. The van der Waals surface area contributed by atoms with E-state index in [1.165, 1.54) is 47.9 Å². The Hall–Kier alpha value is -2.60. The SMILES string of the molecule is C=C/C=C\CCCC1(CCC/C=C\C=C)c2cc(C)ccc2-c2ccc(C)cc21. The summed E-state index contributed by atoms with van der Waals surface area (Å²) in [6, 6.07) is 14.1. The first-order valence-electron chi connectivity index (χ1n) is 10.9. The van der Waals surface area contributed by atoms with Crippen molar-refractivity contribution < 1.29 is 0 Å². The second-order valence-corrected chi connectivity index (χ2v) is 8.29. The monoisotopic (exact) mass is 382 g/mol. The number of hydrogen-bond donors (Lipinski definition) is 0. The lowest BCUT2D eigenvalue weighted by Gasteiger charge is -2.33. The predicted octanol–water partition coefficient (Wildman–Crippen LogP) is 8.39. The van der Waals surface area contributed by atoms with E-state index in [9.17, 15) is 0 Å². The van der Waals surface area contributed by atoms with Crippen LogP contribution in [-0.4, -0.2) is 0 Å². The second kappa shape index (κ2) is 9.74. The van der Waals surface area contributed by atoms with Crippen LogP contribution in [0.25, 0.3) is 11.1 Å². The van der Waals surface area contributed by atoms with Crippen molar-refractivity contribution in [3.8, 4) is 11.1 Å². The van der Waals surface area contributed by atoms with Crippen molar-refractivity contribution in [2.24, 2.45) is 0 Å². The van der Waals surface area contributed by atoms with Crippen LogP contribution in [0.1, 0.15) is 60.8 Å². The van der Waals surface area contributed by atoms with Crippen LogP contribution in [0, 0.1) is 13.8 Å². The molecule has 0 atom stereocenters. The molecule has 29 heavy (non-hydrogen) atoms. The highest BCUT2D eigenvalue weighted by molar-refractivity contribution is 5.81. The van der Waals surface area contributed by atoms with Gasteiger partial charge in [0, 0.05) is 5.41 Å². The number of rotatable bonds is 10. The molecule has 0 heteroatoms. The molecule has 0 saturated carbocycles. The maximum Gasteiger partial charge on any atom is 0.0215 e. The first-order valence-corrected chi connectivity index (χ1v) is 10.9. The average molecular weight is 383 g/mol. The van der Waals surface area contributed by atoms with E-state index in [1.54, 1.807) is 11.1 Å². The molecule has 0 amide bonds. The third kappa shape index (κ3) is 4.53. The topological polar surface area (TPSA) is 0 Å². The quantitative estimate of drug-likeness (QED) is 0.286. The molecule has 0 saturated heterocycles. The van der Waals surface area contributed by atoms with E-state index in [0.717, 1.165) is 12.8 Å². The minimum Gasteiger partial charge on any atom is -0.0991 e. The fraction of sp³-hybridized carbons (Fsp3) is 0.310. The van der Waals surface area contributed by atoms with Crippen molar-refractivity contribution in [3.63, 3.8) is 0 Å². The molecule has 0 nitrogen and oxygen atoms in total. The Balaban J connectivity index is 2.02. The molecule has 0 fully saturated rings. The standard InChI is InChI=1S/C29H34/c1-5-7-9-11-13-19-29(20-14-12-10-8-6-2)27-21-23(3)15-17-25(27)26-18-16-24(4)22-28(26)29/h5-10,15-18,21-22H,1-2,11-14,19-20H2,3-4H3/b9-7-,10-8-. The molecule has 0 unspecified atom stereocenters. The van der Waals surface area contributed by atoms with Gasteiger partial charge in [-0.1, -0.05) is 97.1 Å². The van der Waals surface area contributed by atoms with Crippen LogP contribution in [0.5, 0.6) is 0 Å². The summed E-state index contributed by atoms with van der Waals surface area (Å²) in [6.45, 7) is 12.0. The molecule has 2 aromatic carbocycles. The molecular formula is C29H34. The van der Waals surface area contributed by atoms with E-state index >= 15 is 0 Å². The van der Waals surface area contributed by atoms with Crippen molar-refractivity contribution in [1.82, 2.24) is 0 Å². The Kier molecular flexibility index (Phi) is 7.09. The Bertz CT molecular complexity index is 846. The fourth-order valence-electron chi connectivity index (χ4n) is 4.81. The van der Waals surface area contributed by atoms with E-state index in [-0.39, 0.29) is 5.41 Å². The van der Waals surface area contributed by atoms with E-state index in [4.69, 9.17) is 0 Å². The zero-order valence-electron chi connectivity index (χ0n) is 18.1. The molecule has 0 aliphatic heterocycles.